The summed E-state index contributed by atoms with van der Waals surface area (Å²) in [6.07, 6.45) is 0. The average molecular weight is 559 g/mol. The van der Waals surface area contributed by atoms with Gasteiger partial charge >= 0.3 is 11.9 Å². The Morgan fingerprint density at radius 3 is 2.11 bits per heavy atom. The van der Waals surface area contributed by atoms with E-state index in [2.05, 4.69) is 5.32 Å². The summed E-state index contributed by atoms with van der Waals surface area (Å²) in [5.41, 5.74) is 1.39. The van der Waals surface area contributed by atoms with Crippen LogP contribution >= 0.6 is 11.3 Å². The van der Waals surface area contributed by atoms with Gasteiger partial charge in [0.15, 0.2) is 0 Å². The maximum Gasteiger partial charge on any atom is 0.349 e. The van der Waals surface area contributed by atoms with E-state index in [-0.39, 0.29) is 39.1 Å². The number of anilines is 1. The number of sulfonamides is 1. The van der Waals surface area contributed by atoms with Gasteiger partial charge in [-0.25, -0.2) is 18.0 Å². The fourth-order valence-corrected chi connectivity index (χ4v) is 6.24. The lowest BCUT2D eigenvalue weighted by molar-refractivity contribution is 0.0477. The van der Waals surface area contributed by atoms with Crippen LogP contribution in [0.5, 0.6) is 0 Å². The van der Waals surface area contributed by atoms with Gasteiger partial charge in [-0.2, -0.15) is 4.31 Å². The number of amides is 1. The van der Waals surface area contributed by atoms with E-state index < -0.39 is 27.9 Å². The van der Waals surface area contributed by atoms with E-state index in [4.69, 9.17) is 9.47 Å². The van der Waals surface area contributed by atoms with Crippen LogP contribution in [0.1, 0.15) is 62.3 Å². The van der Waals surface area contributed by atoms with E-state index in [1.165, 1.54) is 28.6 Å². The van der Waals surface area contributed by atoms with Crippen molar-refractivity contribution >= 4 is 44.2 Å². The molecule has 1 amide bonds. The minimum atomic E-state index is -3.67. The summed E-state index contributed by atoms with van der Waals surface area (Å²) in [5, 5.41) is 2.81. The van der Waals surface area contributed by atoms with Gasteiger partial charge in [-0.3, -0.25) is 4.79 Å². The van der Waals surface area contributed by atoms with Gasteiger partial charge < -0.3 is 14.8 Å². The number of rotatable bonds is 11. The lowest BCUT2D eigenvalue weighted by Crippen LogP contribution is -2.30. The topological polar surface area (TPSA) is 119 Å². The van der Waals surface area contributed by atoms with Gasteiger partial charge in [0.2, 0.25) is 10.0 Å². The highest BCUT2D eigenvalue weighted by Crippen LogP contribution is 2.35. The first-order valence-corrected chi connectivity index (χ1v) is 14.3. The van der Waals surface area contributed by atoms with Gasteiger partial charge in [-0.05, 0) is 49.2 Å². The molecule has 3 rings (SSSR count). The van der Waals surface area contributed by atoms with Crippen molar-refractivity contribution in [2.45, 2.75) is 39.2 Å². The zero-order chi connectivity index (χ0) is 27.9. The predicted molar refractivity (Wildman–Crippen MR) is 145 cm³/mol. The van der Waals surface area contributed by atoms with E-state index in [9.17, 15) is 22.8 Å². The highest BCUT2D eigenvalue weighted by molar-refractivity contribution is 7.89. The first-order chi connectivity index (χ1) is 18.1. The summed E-state index contributed by atoms with van der Waals surface area (Å²) in [4.78, 5) is 38.8. The van der Waals surface area contributed by atoms with Crippen LogP contribution < -0.4 is 5.32 Å². The molecule has 0 aliphatic carbocycles. The molecule has 1 heterocycles. The van der Waals surface area contributed by atoms with Crippen LogP contribution in [-0.4, -0.2) is 50.3 Å². The molecule has 1 N–H and O–H groups in total. The molecule has 0 unspecified atom stereocenters. The van der Waals surface area contributed by atoms with Crippen LogP contribution in [0, 0.1) is 6.92 Å². The quantitative estimate of drug-likeness (QED) is 0.333. The van der Waals surface area contributed by atoms with Crippen molar-refractivity contribution in [2.75, 3.05) is 25.0 Å². The molecule has 11 heteroatoms. The monoisotopic (exact) mass is 558 g/mol. The maximum absolute atomic E-state index is 13.0. The molecule has 9 nitrogen and oxygen atoms in total. The standard InChI is InChI=1S/C27H30N2O7S2/c1-5-29(6-2)38(33,34)21-15-13-20(14-16-21)24(30)28-25-22(26(31)35-7-3)18(4)23(37-25)27(32)36-17-19-11-9-8-10-12-19/h8-16H,5-7,17H2,1-4H3,(H,28,30). The second-order valence-electron chi connectivity index (χ2n) is 8.11. The normalized spacial score (nSPS) is 11.3. The smallest absolute Gasteiger partial charge is 0.349 e. The number of carbonyl (C=O) groups is 3. The van der Waals surface area contributed by atoms with E-state index in [0.29, 0.717) is 18.7 Å². The predicted octanol–water partition coefficient (Wildman–Crippen LogP) is 4.87. The lowest BCUT2D eigenvalue weighted by Gasteiger charge is -2.18. The molecule has 0 saturated heterocycles. The fraction of sp³-hybridized carbons (Fsp3) is 0.296. The van der Waals surface area contributed by atoms with Crippen LogP contribution in [0.4, 0.5) is 5.00 Å². The zero-order valence-corrected chi connectivity index (χ0v) is 23.3. The SMILES string of the molecule is CCOC(=O)c1c(NC(=O)c2ccc(S(=O)(=O)N(CC)CC)cc2)sc(C(=O)OCc2ccccc2)c1C. The van der Waals surface area contributed by atoms with Crippen molar-refractivity contribution in [1.29, 1.82) is 0 Å². The Morgan fingerprint density at radius 2 is 1.53 bits per heavy atom. The maximum atomic E-state index is 13.0. The molecule has 0 aliphatic heterocycles. The van der Waals surface area contributed by atoms with E-state index in [1.54, 1.807) is 27.7 Å². The fourth-order valence-electron chi connectivity index (χ4n) is 3.70. The molecule has 0 aliphatic rings. The Morgan fingerprint density at radius 1 is 0.895 bits per heavy atom. The van der Waals surface area contributed by atoms with Crippen LogP contribution in [0.3, 0.4) is 0 Å². The molecule has 0 fully saturated rings. The van der Waals surface area contributed by atoms with Gasteiger partial charge in [-0.15, -0.1) is 11.3 Å². The molecule has 202 valence electrons. The van der Waals surface area contributed by atoms with Crippen molar-refractivity contribution in [2.24, 2.45) is 0 Å². The second-order valence-corrected chi connectivity index (χ2v) is 11.1. The molecule has 38 heavy (non-hydrogen) atoms. The third-order valence-electron chi connectivity index (χ3n) is 5.71. The van der Waals surface area contributed by atoms with Crippen LogP contribution in [0.25, 0.3) is 0 Å². The van der Waals surface area contributed by atoms with Crippen molar-refractivity contribution in [3.63, 3.8) is 0 Å². The molecule has 0 radical (unpaired) electrons. The van der Waals surface area contributed by atoms with Crippen molar-refractivity contribution in [3.8, 4) is 0 Å². The van der Waals surface area contributed by atoms with E-state index >= 15 is 0 Å². The van der Waals surface area contributed by atoms with Gasteiger partial charge in [0.05, 0.1) is 17.1 Å². The number of nitrogens with zero attached hydrogens (tertiary/aromatic N) is 1. The minimum absolute atomic E-state index is 0.0518. The third kappa shape index (κ3) is 6.47. The van der Waals surface area contributed by atoms with Crippen LogP contribution in [0.2, 0.25) is 0 Å². The number of thiophene rings is 1. The summed E-state index contributed by atoms with van der Waals surface area (Å²) >= 11 is 0.914. The van der Waals surface area contributed by atoms with Crippen LogP contribution in [0.15, 0.2) is 59.5 Å². The largest absolute Gasteiger partial charge is 0.462 e. The average Bonchev–Trinajstić information content (AvgIpc) is 3.24. The Hall–Kier alpha value is -3.54. The highest BCUT2D eigenvalue weighted by Gasteiger charge is 2.28. The Balaban J connectivity index is 1.85. The summed E-state index contributed by atoms with van der Waals surface area (Å²) in [6.45, 7) is 7.55. The Bertz CT molecular complexity index is 1400. The minimum Gasteiger partial charge on any atom is -0.462 e. The van der Waals surface area contributed by atoms with Crippen molar-refractivity contribution < 1.29 is 32.3 Å². The lowest BCUT2D eigenvalue weighted by atomic mass is 10.1. The van der Waals surface area contributed by atoms with Gasteiger partial charge in [0.1, 0.15) is 16.5 Å². The number of nitrogens with one attached hydrogen (secondary N) is 1. The van der Waals surface area contributed by atoms with Crippen molar-refractivity contribution in [3.05, 3.63) is 81.7 Å². The molecular formula is C27H30N2O7S2. The Labute approximate surface area is 226 Å². The van der Waals surface area contributed by atoms with Crippen LogP contribution in [-0.2, 0) is 26.1 Å². The molecule has 0 spiro atoms. The molecule has 0 saturated carbocycles. The number of hydrogen-bond acceptors (Lipinski definition) is 8. The molecule has 3 aromatic rings. The molecule has 2 aromatic carbocycles. The number of hydrogen-bond donors (Lipinski definition) is 1. The van der Waals surface area contributed by atoms with Gasteiger partial charge in [0.25, 0.3) is 5.91 Å². The Kier molecular flexibility index (Phi) is 9.78. The molecule has 0 bridgehead atoms. The number of benzene rings is 2. The molecular weight excluding hydrogens is 528 g/mol. The summed E-state index contributed by atoms with van der Waals surface area (Å²) in [5.74, 6) is -1.89. The van der Waals surface area contributed by atoms with Gasteiger partial charge in [-0.1, -0.05) is 44.2 Å². The summed E-state index contributed by atoms with van der Waals surface area (Å²) in [6, 6.07) is 14.7. The molecule has 1 aromatic heterocycles. The summed E-state index contributed by atoms with van der Waals surface area (Å²) in [7, 11) is -3.67. The number of esters is 2. The van der Waals surface area contributed by atoms with Gasteiger partial charge in [0, 0.05) is 18.7 Å². The first-order valence-electron chi connectivity index (χ1n) is 12.1. The third-order valence-corrected chi connectivity index (χ3v) is 8.96. The summed E-state index contributed by atoms with van der Waals surface area (Å²) < 4.78 is 37.3. The van der Waals surface area contributed by atoms with E-state index in [1.807, 2.05) is 30.3 Å². The second kappa shape index (κ2) is 12.8. The van der Waals surface area contributed by atoms with Crippen molar-refractivity contribution in [1.82, 2.24) is 4.31 Å². The zero-order valence-electron chi connectivity index (χ0n) is 21.6. The number of carbonyl (C=O) groups excluding carboxylic acids is 3. The first kappa shape index (κ1) is 29.0. The molecule has 0 atom stereocenters. The highest BCUT2D eigenvalue weighted by atomic mass is 32.2. The number of ether oxygens (including phenoxy) is 2. The van der Waals surface area contributed by atoms with E-state index in [0.717, 1.165) is 16.9 Å².